The zero-order valence-electron chi connectivity index (χ0n) is 12.2. The number of carbonyl (C=O) groups is 1. The van der Waals surface area contributed by atoms with Crippen molar-refractivity contribution >= 4 is 11.6 Å². The lowest BCUT2D eigenvalue weighted by molar-refractivity contribution is -0.130. The molecule has 1 aromatic rings. The average molecular weight is 275 g/mol. The van der Waals surface area contributed by atoms with Gasteiger partial charge in [-0.2, -0.15) is 5.26 Å². The molecule has 5 heteroatoms. The number of hydrogen-bond donors (Lipinski definition) is 2. The maximum absolute atomic E-state index is 12.0. The highest BCUT2D eigenvalue weighted by molar-refractivity contribution is 5.82. The Morgan fingerprint density at radius 1 is 1.50 bits per heavy atom. The first-order chi connectivity index (χ1) is 9.42. The minimum atomic E-state index is -0.674. The van der Waals surface area contributed by atoms with Crippen molar-refractivity contribution in [2.24, 2.45) is 5.41 Å². The molecule has 0 atom stereocenters. The second-order valence-corrected chi connectivity index (χ2v) is 5.26. The number of hydrogen-bond acceptors (Lipinski definition) is 4. The Balaban J connectivity index is 2.74. The second kappa shape index (κ2) is 6.80. The highest BCUT2D eigenvalue weighted by Gasteiger charge is 2.28. The molecule has 3 N–H and O–H groups in total. The SMILES string of the molecule is CCCNC(=O)C(C)(C)COc1cccc(N)c1C#N. The molecule has 0 saturated carbocycles. The Morgan fingerprint density at radius 2 is 2.20 bits per heavy atom. The zero-order chi connectivity index (χ0) is 15.2. The van der Waals surface area contributed by atoms with Gasteiger partial charge in [0.05, 0.1) is 11.1 Å². The number of nitrogen functional groups attached to an aromatic ring is 1. The lowest BCUT2D eigenvalue weighted by atomic mass is 9.93. The van der Waals surface area contributed by atoms with Gasteiger partial charge in [-0.25, -0.2) is 0 Å². The van der Waals surface area contributed by atoms with Crippen molar-refractivity contribution in [3.63, 3.8) is 0 Å². The van der Waals surface area contributed by atoms with Crippen LogP contribution in [-0.2, 0) is 4.79 Å². The first kappa shape index (κ1) is 15.8. The van der Waals surface area contributed by atoms with E-state index in [9.17, 15) is 4.79 Å². The first-order valence-corrected chi connectivity index (χ1v) is 6.62. The largest absolute Gasteiger partial charge is 0.491 e. The summed E-state index contributed by atoms with van der Waals surface area (Å²) < 4.78 is 5.61. The fraction of sp³-hybridized carbons (Fsp3) is 0.467. The van der Waals surface area contributed by atoms with Crippen LogP contribution < -0.4 is 15.8 Å². The summed E-state index contributed by atoms with van der Waals surface area (Å²) in [6.07, 6.45) is 0.885. The molecule has 0 fully saturated rings. The van der Waals surface area contributed by atoms with Gasteiger partial charge in [-0.05, 0) is 32.4 Å². The van der Waals surface area contributed by atoms with E-state index in [0.29, 0.717) is 23.5 Å². The predicted molar refractivity (Wildman–Crippen MR) is 78.1 cm³/mol. The van der Waals surface area contributed by atoms with Crippen LogP contribution in [0.4, 0.5) is 5.69 Å². The van der Waals surface area contributed by atoms with E-state index in [1.165, 1.54) is 0 Å². The molecule has 0 aromatic heterocycles. The molecule has 0 radical (unpaired) electrons. The molecule has 1 rings (SSSR count). The van der Waals surface area contributed by atoms with Crippen LogP contribution in [0.15, 0.2) is 18.2 Å². The Labute approximate surface area is 119 Å². The van der Waals surface area contributed by atoms with Crippen LogP contribution >= 0.6 is 0 Å². The normalized spacial score (nSPS) is 10.7. The maximum atomic E-state index is 12.0. The van der Waals surface area contributed by atoms with Crippen LogP contribution in [0.2, 0.25) is 0 Å². The van der Waals surface area contributed by atoms with Gasteiger partial charge in [-0.1, -0.05) is 13.0 Å². The van der Waals surface area contributed by atoms with Gasteiger partial charge < -0.3 is 15.8 Å². The van der Waals surface area contributed by atoms with E-state index < -0.39 is 5.41 Å². The number of nitriles is 1. The highest BCUT2D eigenvalue weighted by Crippen LogP contribution is 2.25. The summed E-state index contributed by atoms with van der Waals surface area (Å²) >= 11 is 0. The molecule has 0 unspecified atom stereocenters. The molecule has 0 aliphatic rings. The molecule has 1 aromatic carbocycles. The fourth-order valence-electron chi connectivity index (χ4n) is 1.59. The third kappa shape index (κ3) is 3.89. The van der Waals surface area contributed by atoms with Crippen LogP contribution in [0, 0.1) is 16.7 Å². The topological polar surface area (TPSA) is 88.1 Å². The summed E-state index contributed by atoms with van der Waals surface area (Å²) in [4.78, 5) is 12.0. The van der Waals surface area contributed by atoms with E-state index in [-0.39, 0.29) is 12.5 Å². The monoisotopic (exact) mass is 275 g/mol. The van der Waals surface area contributed by atoms with Gasteiger partial charge in [0.15, 0.2) is 0 Å². The summed E-state index contributed by atoms with van der Waals surface area (Å²) in [6.45, 7) is 6.42. The molecular weight excluding hydrogens is 254 g/mol. The minimum absolute atomic E-state index is 0.0678. The van der Waals surface area contributed by atoms with Crippen molar-refractivity contribution in [3.05, 3.63) is 23.8 Å². The number of nitrogens with zero attached hydrogens (tertiary/aromatic N) is 1. The fourth-order valence-corrected chi connectivity index (χ4v) is 1.59. The summed E-state index contributed by atoms with van der Waals surface area (Å²) in [5.41, 5.74) is 5.72. The lowest BCUT2D eigenvalue weighted by Crippen LogP contribution is -2.41. The van der Waals surface area contributed by atoms with E-state index in [2.05, 4.69) is 5.32 Å². The standard InChI is InChI=1S/C15H21N3O2/c1-4-8-18-14(19)15(2,3)10-20-13-7-5-6-12(17)11(13)9-16/h5-7H,4,8,10,17H2,1-3H3,(H,18,19). The molecule has 0 aliphatic carbocycles. The molecule has 0 bridgehead atoms. The van der Waals surface area contributed by atoms with E-state index in [1.807, 2.05) is 13.0 Å². The number of amides is 1. The third-order valence-corrected chi connectivity index (χ3v) is 2.91. The van der Waals surface area contributed by atoms with E-state index in [4.69, 9.17) is 15.7 Å². The number of anilines is 1. The lowest BCUT2D eigenvalue weighted by Gasteiger charge is -2.24. The van der Waals surface area contributed by atoms with Crippen molar-refractivity contribution in [2.45, 2.75) is 27.2 Å². The molecule has 0 spiro atoms. The van der Waals surface area contributed by atoms with Gasteiger partial charge in [-0.15, -0.1) is 0 Å². The van der Waals surface area contributed by atoms with Gasteiger partial charge in [0, 0.05) is 6.54 Å². The number of ether oxygens (including phenoxy) is 1. The van der Waals surface area contributed by atoms with Gasteiger partial charge in [0.25, 0.3) is 0 Å². The Bertz CT molecular complexity index is 518. The van der Waals surface area contributed by atoms with Crippen molar-refractivity contribution < 1.29 is 9.53 Å². The minimum Gasteiger partial charge on any atom is -0.491 e. The number of benzene rings is 1. The van der Waals surface area contributed by atoms with Crippen molar-refractivity contribution in [1.29, 1.82) is 5.26 Å². The number of nitrogens with two attached hydrogens (primary N) is 1. The van der Waals surface area contributed by atoms with Crippen LogP contribution in [-0.4, -0.2) is 19.1 Å². The molecular formula is C15H21N3O2. The maximum Gasteiger partial charge on any atom is 0.229 e. The number of carbonyl (C=O) groups excluding carboxylic acids is 1. The Kier molecular flexibility index (Phi) is 5.39. The molecule has 108 valence electrons. The summed E-state index contributed by atoms with van der Waals surface area (Å²) in [6, 6.07) is 7.05. The smallest absolute Gasteiger partial charge is 0.229 e. The van der Waals surface area contributed by atoms with Gasteiger partial charge in [-0.3, -0.25) is 4.79 Å². The molecule has 0 saturated heterocycles. The molecule has 20 heavy (non-hydrogen) atoms. The van der Waals surface area contributed by atoms with Crippen molar-refractivity contribution in [2.75, 3.05) is 18.9 Å². The van der Waals surface area contributed by atoms with Gasteiger partial charge in [0.1, 0.15) is 24.0 Å². The predicted octanol–water partition coefficient (Wildman–Crippen LogP) is 2.07. The summed E-state index contributed by atoms with van der Waals surface area (Å²) in [5.74, 6) is 0.339. The van der Waals surface area contributed by atoms with E-state index in [1.54, 1.807) is 32.0 Å². The van der Waals surface area contributed by atoms with Crippen LogP contribution in [0.5, 0.6) is 5.75 Å². The van der Waals surface area contributed by atoms with Crippen molar-refractivity contribution in [1.82, 2.24) is 5.32 Å². The first-order valence-electron chi connectivity index (χ1n) is 6.62. The van der Waals surface area contributed by atoms with Crippen LogP contribution in [0.1, 0.15) is 32.8 Å². The summed E-state index contributed by atoms with van der Waals surface area (Å²) in [7, 11) is 0. The quantitative estimate of drug-likeness (QED) is 0.778. The van der Waals surface area contributed by atoms with Gasteiger partial charge >= 0.3 is 0 Å². The van der Waals surface area contributed by atoms with Crippen LogP contribution in [0.3, 0.4) is 0 Å². The van der Waals surface area contributed by atoms with Crippen molar-refractivity contribution in [3.8, 4) is 11.8 Å². The summed E-state index contributed by atoms with van der Waals surface area (Å²) in [5, 5.41) is 11.9. The molecule has 0 heterocycles. The van der Waals surface area contributed by atoms with Gasteiger partial charge in [0.2, 0.25) is 5.91 Å². The Morgan fingerprint density at radius 3 is 2.80 bits per heavy atom. The second-order valence-electron chi connectivity index (χ2n) is 5.26. The molecule has 1 amide bonds. The molecule has 0 aliphatic heterocycles. The van der Waals surface area contributed by atoms with E-state index >= 15 is 0 Å². The van der Waals surface area contributed by atoms with Crippen LogP contribution in [0.25, 0.3) is 0 Å². The third-order valence-electron chi connectivity index (χ3n) is 2.91. The Hall–Kier alpha value is -2.22. The van der Waals surface area contributed by atoms with E-state index in [0.717, 1.165) is 6.42 Å². The average Bonchev–Trinajstić information content (AvgIpc) is 2.42. The number of nitrogens with one attached hydrogen (secondary N) is 1. The zero-order valence-corrected chi connectivity index (χ0v) is 12.2. The molecule has 5 nitrogen and oxygen atoms in total. The number of rotatable bonds is 6. The highest BCUT2D eigenvalue weighted by atomic mass is 16.5.